The summed E-state index contributed by atoms with van der Waals surface area (Å²) in [4.78, 5) is 27.3. The first-order valence-corrected chi connectivity index (χ1v) is 7.53. The van der Waals surface area contributed by atoms with Crippen LogP contribution in [0.1, 0.15) is 17.3 Å². The zero-order chi connectivity index (χ0) is 17.3. The lowest BCUT2D eigenvalue weighted by Crippen LogP contribution is -2.06. The molecule has 1 amide bonds. The first-order chi connectivity index (χ1) is 11.4. The summed E-state index contributed by atoms with van der Waals surface area (Å²) in [7, 11) is 0. The standard InChI is InChI=1S/C18H13ClN2O3/c1-10(22)20-13-6-7-16-14(8-13)15(18(23)24)9-17(21-16)11-2-4-12(19)5-3-11/h2-9H,1H3,(H,20,22)(H,23,24). The van der Waals surface area contributed by atoms with Crippen LogP contribution in [0.5, 0.6) is 0 Å². The van der Waals surface area contributed by atoms with Gasteiger partial charge >= 0.3 is 5.97 Å². The second-order valence-electron chi connectivity index (χ2n) is 5.28. The fraction of sp³-hybridized carbons (Fsp3) is 0.0556. The SMILES string of the molecule is CC(=O)Nc1ccc2nc(-c3ccc(Cl)cc3)cc(C(=O)O)c2c1. The lowest BCUT2D eigenvalue weighted by Gasteiger charge is -2.09. The van der Waals surface area contributed by atoms with Crippen molar-refractivity contribution >= 4 is 40.1 Å². The lowest BCUT2D eigenvalue weighted by molar-refractivity contribution is -0.114. The number of fused-ring (bicyclic) bond motifs is 1. The highest BCUT2D eigenvalue weighted by molar-refractivity contribution is 6.30. The van der Waals surface area contributed by atoms with Crippen molar-refractivity contribution in [3.8, 4) is 11.3 Å². The number of aromatic nitrogens is 1. The van der Waals surface area contributed by atoms with Crippen molar-refractivity contribution in [2.75, 3.05) is 5.32 Å². The monoisotopic (exact) mass is 340 g/mol. The van der Waals surface area contributed by atoms with E-state index in [2.05, 4.69) is 10.3 Å². The maximum absolute atomic E-state index is 11.6. The van der Waals surface area contributed by atoms with Crippen LogP contribution in [0.15, 0.2) is 48.5 Å². The van der Waals surface area contributed by atoms with Gasteiger partial charge in [0.25, 0.3) is 0 Å². The molecular formula is C18H13ClN2O3. The maximum atomic E-state index is 11.6. The van der Waals surface area contributed by atoms with E-state index >= 15 is 0 Å². The molecule has 0 unspecified atom stereocenters. The molecular weight excluding hydrogens is 328 g/mol. The second kappa shape index (κ2) is 6.29. The molecule has 1 heterocycles. The quantitative estimate of drug-likeness (QED) is 0.748. The van der Waals surface area contributed by atoms with Crippen LogP contribution in [0.4, 0.5) is 5.69 Å². The van der Waals surface area contributed by atoms with Crippen LogP contribution in [-0.2, 0) is 4.79 Å². The van der Waals surface area contributed by atoms with Crippen LogP contribution in [-0.4, -0.2) is 22.0 Å². The number of carboxylic acids is 1. The summed E-state index contributed by atoms with van der Waals surface area (Å²) >= 11 is 5.89. The fourth-order valence-corrected chi connectivity index (χ4v) is 2.58. The van der Waals surface area contributed by atoms with Crippen molar-refractivity contribution in [1.29, 1.82) is 0 Å². The number of amides is 1. The van der Waals surface area contributed by atoms with Gasteiger partial charge in [0.05, 0.1) is 16.8 Å². The predicted octanol–water partition coefficient (Wildman–Crippen LogP) is 4.21. The number of halogens is 1. The first kappa shape index (κ1) is 16.0. The normalized spacial score (nSPS) is 10.6. The van der Waals surface area contributed by atoms with Crippen molar-refractivity contribution in [3.63, 3.8) is 0 Å². The number of anilines is 1. The summed E-state index contributed by atoms with van der Waals surface area (Å²) in [6, 6.07) is 13.5. The highest BCUT2D eigenvalue weighted by Crippen LogP contribution is 2.27. The van der Waals surface area contributed by atoms with E-state index in [4.69, 9.17) is 11.6 Å². The van der Waals surface area contributed by atoms with Crippen molar-refractivity contribution in [2.24, 2.45) is 0 Å². The third kappa shape index (κ3) is 3.21. The molecule has 0 fully saturated rings. The summed E-state index contributed by atoms with van der Waals surface area (Å²) in [5.41, 5.74) is 2.50. The Morgan fingerprint density at radius 3 is 2.42 bits per heavy atom. The Kier molecular flexibility index (Phi) is 4.18. The molecule has 0 aliphatic rings. The Bertz CT molecular complexity index is 952. The molecule has 0 atom stereocenters. The molecule has 120 valence electrons. The van der Waals surface area contributed by atoms with Crippen LogP contribution in [0.3, 0.4) is 0 Å². The molecule has 0 radical (unpaired) electrons. The number of carbonyl (C=O) groups excluding carboxylic acids is 1. The summed E-state index contributed by atoms with van der Waals surface area (Å²) in [5, 5.41) is 13.2. The topological polar surface area (TPSA) is 79.3 Å². The Balaban J connectivity index is 2.19. The van der Waals surface area contributed by atoms with Crippen LogP contribution < -0.4 is 5.32 Å². The highest BCUT2D eigenvalue weighted by Gasteiger charge is 2.14. The molecule has 6 heteroatoms. The van der Waals surface area contributed by atoms with Crippen molar-refractivity contribution in [2.45, 2.75) is 6.92 Å². The molecule has 2 N–H and O–H groups in total. The minimum atomic E-state index is -1.06. The van der Waals surface area contributed by atoms with Gasteiger partial charge in [0.2, 0.25) is 5.91 Å². The predicted molar refractivity (Wildman–Crippen MR) is 93.5 cm³/mol. The molecule has 1 aromatic heterocycles. The van der Waals surface area contributed by atoms with Crippen LogP contribution in [0, 0.1) is 0 Å². The smallest absolute Gasteiger partial charge is 0.336 e. The maximum Gasteiger partial charge on any atom is 0.336 e. The molecule has 3 rings (SSSR count). The minimum Gasteiger partial charge on any atom is -0.478 e. The number of pyridine rings is 1. The lowest BCUT2D eigenvalue weighted by atomic mass is 10.0. The summed E-state index contributed by atoms with van der Waals surface area (Å²) in [6.07, 6.45) is 0. The molecule has 24 heavy (non-hydrogen) atoms. The van der Waals surface area contributed by atoms with E-state index < -0.39 is 5.97 Å². The van der Waals surface area contributed by atoms with E-state index in [0.29, 0.717) is 27.3 Å². The Hall–Kier alpha value is -2.92. The molecule has 0 saturated heterocycles. The third-order valence-corrected chi connectivity index (χ3v) is 3.75. The van der Waals surface area contributed by atoms with Gasteiger partial charge in [-0.05, 0) is 36.4 Å². The van der Waals surface area contributed by atoms with Gasteiger partial charge in [0, 0.05) is 28.6 Å². The number of hydrogen-bond donors (Lipinski definition) is 2. The van der Waals surface area contributed by atoms with Gasteiger partial charge < -0.3 is 10.4 Å². The van der Waals surface area contributed by atoms with Crippen molar-refractivity contribution in [1.82, 2.24) is 4.98 Å². The van der Waals surface area contributed by atoms with E-state index in [1.54, 1.807) is 42.5 Å². The van der Waals surface area contributed by atoms with Gasteiger partial charge in [-0.25, -0.2) is 9.78 Å². The number of carboxylic acid groups (broad SMARTS) is 1. The fourth-order valence-electron chi connectivity index (χ4n) is 2.45. The van der Waals surface area contributed by atoms with Crippen LogP contribution in [0.25, 0.3) is 22.2 Å². The molecule has 5 nitrogen and oxygen atoms in total. The molecule has 0 aliphatic carbocycles. The van der Waals surface area contributed by atoms with E-state index in [-0.39, 0.29) is 11.5 Å². The highest BCUT2D eigenvalue weighted by atomic mass is 35.5. The summed E-state index contributed by atoms with van der Waals surface area (Å²) < 4.78 is 0. The van der Waals surface area contributed by atoms with Gasteiger partial charge in [-0.3, -0.25) is 4.79 Å². The van der Waals surface area contributed by atoms with E-state index in [0.717, 1.165) is 5.56 Å². The van der Waals surface area contributed by atoms with E-state index in [1.165, 1.54) is 13.0 Å². The molecule has 0 bridgehead atoms. The third-order valence-electron chi connectivity index (χ3n) is 3.50. The Morgan fingerprint density at radius 1 is 1.08 bits per heavy atom. The van der Waals surface area contributed by atoms with Gasteiger partial charge in [-0.1, -0.05) is 23.7 Å². The van der Waals surface area contributed by atoms with Crippen LogP contribution >= 0.6 is 11.6 Å². The molecule has 0 aliphatic heterocycles. The summed E-state index contributed by atoms with van der Waals surface area (Å²) in [5.74, 6) is -1.28. The van der Waals surface area contributed by atoms with Gasteiger partial charge in [-0.2, -0.15) is 0 Å². The van der Waals surface area contributed by atoms with Crippen molar-refractivity contribution < 1.29 is 14.7 Å². The Morgan fingerprint density at radius 2 is 1.79 bits per heavy atom. The molecule has 2 aromatic carbocycles. The zero-order valence-corrected chi connectivity index (χ0v) is 13.5. The van der Waals surface area contributed by atoms with Gasteiger partial charge in [-0.15, -0.1) is 0 Å². The Labute approximate surface area is 142 Å². The summed E-state index contributed by atoms with van der Waals surface area (Å²) in [6.45, 7) is 1.39. The largest absolute Gasteiger partial charge is 0.478 e. The average Bonchev–Trinajstić information content (AvgIpc) is 2.54. The van der Waals surface area contributed by atoms with E-state index in [9.17, 15) is 14.7 Å². The average molecular weight is 341 g/mol. The van der Waals surface area contributed by atoms with Gasteiger partial charge in [0.15, 0.2) is 0 Å². The number of carbonyl (C=O) groups is 2. The number of aromatic carboxylic acids is 1. The number of nitrogens with zero attached hydrogens (tertiary/aromatic N) is 1. The molecule has 0 saturated carbocycles. The minimum absolute atomic E-state index is 0.122. The molecule has 3 aromatic rings. The van der Waals surface area contributed by atoms with E-state index in [1.807, 2.05) is 0 Å². The van der Waals surface area contributed by atoms with Gasteiger partial charge in [0.1, 0.15) is 0 Å². The second-order valence-corrected chi connectivity index (χ2v) is 5.72. The number of nitrogens with one attached hydrogen (secondary N) is 1. The van der Waals surface area contributed by atoms with Crippen molar-refractivity contribution in [3.05, 3.63) is 59.1 Å². The number of rotatable bonds is 3. The number of hydrogen-bond acceptors (Lipinski definition) is 3. The number of benzene rings is 2. The zero-order valence-electron chi connectivity index (χ0n) is 12.7. The van der Waals surface area contributed by atoms with Crippen LogP contribution in [0.2, 0.25) is 5.02 Å². The first-order valence-electron chi connectivity index (χ1n) is 7.15. The molecule has 0 spiro atoms.